The van der Waals surface area contributed by atoms with Crippen LogP contribution in [-0.4, -0.2) is 29.6 Å². The van der Waals surface area contributed by atoms with Crippen LogP contribution in [0, 0.1) is 0 Å². The molecule has 3 heterocycles. The number of carbonyl (C=O) groups is 1. The SMILES string of the molecule is CN(Cc1ccc2c(c1)OCO2)C(=O)c1csc(-c2ccsc2)n1. The van der Waals surface area contributed by atoms with Crippen molar-refractivity contribution in [2.45, 2.75) is 6.54 Å². The monoisotopic (exact) mass is 358 g/mol. The van der Waals surface area contributed by atoms with Crippen molar-refractivity contribution in [3.05, 3.63) is 51.7 Å². The van der Waals surface area contributed by atoms with Gasteiger partial charge >= 0.3 is 0 Å². The minimum atomic E-state index is -0.0922. The summed E-state index contributed by atoms with van der Waals surface area (Å²) in [6, 6.07) is 7.72. The van der Waals surface area contributed by atoms with Gasteiger partial charge in [-0.25, -0.2) is 4.98 Å². The van der Waals surface area contributed by atoms with Gasteiger partial charge in [0.25, 0.3) is 5.91 Å². The number of thiazole rings is 1. The Kier molecular flexibility index (Phi) is 3.95. The third-order valence-corrected chi connectivity index (χ3v) is 5.27. The molecule has 5 nitrogen and oxygen atoms in total. The third kappa shape index (κ3) is 2.88. The van der Waals surface area contributed by atoms with E-state index >= 15 is 0 Å². The van der Waals surface area contributed by atoms with Crippen molar-refractivity contribution in [1.82, 2.24) is 9.88 Å². The van der Waals surface area contributed by atoms with Gasteiger partial charge in [-0.15, -0.1) is 11.3 Å². The summed E-state index contributed by atoms with van der Waals surface area (Å²) in [4.78, 5) is 18.7. The Bertz CT molecular complexity index is 874. The van der Waals surface area contributed by atoms with Gasteiger partial charge in [-0.3, -0.25) is 4.79 Å². The van der Waals surface area contributed by atoms with E-state index in [1.165, 1.54) is 11.3 Å². The van der Waals surface area contributed by atoms with Crippen LogP contribution in [0.25, 0.3) is 10.6 Å². The van der Waals surface area contributed by atoms with Crippen LogP contribution in [0.5, 0.6) is 11.5 Å². The molecule has 3 aromatic rings. The fourth-order valence-corrected chi connectivity index (χ4v) is 3.98. The first-order valence-electron chi connectivity index (χ1n) is 7.33. The molecule has 0 spiro atoms. The number of ether oxygens (including phenoxy) is 2. The lowest BCUT2D eigenvalue weighted by Crippen LogP contribution is -2.26. The molecule has 0 saturated heterocycles. The van der Waals surface area contributed by atoms with Crippen molar-refractivity contribution in [3.8, 4) is 22.1 Å². The highest BCUT2D eigenvalue weighted by Crippen LogP contribution is 2.33. The van der Waals surface area contributed by atoms with Crippen LogP contribution in [0.15, 0.2) is 40.4 Å². The maximum atomic E-state index is 12.6. The number of rotatable bonds is 4. The molecule has 0 radical (unpaired) electrons. The van der Waals surface area contributed by atoms with Gasteiger partial charge in [0.2, 0.25) is 6.79 Å². The summed E-state index contributed by atoms with van der Waals surface area (Å²) in [6.07, 6.45) is 0. The molecule has 1 aliphatic heterocycles. The molecule has 24 heavy (non-hydrogen) atoms. The maximum Gasteiger partial charge on any atom is 0.273 e. The summed E-state index contributed by atoms with van der Waals surface area (Å²) >= 11 is 3.11. The second kappa shape index (κ2) is 6.26. The summed E-state index contributed by atoms with van der Waals surface area (Å²) < 4.78 is 10.7. The summed E-state index contributed by atoms with van der Waals surface area (Å²) in [6.45, 7) is 0.735. The van der Waals surface area contributed by atoms with Gasteiger partial charge < -0.3 is 14.4 Å². The molecule has 0 unspecified atom stereocenters. The Morgan fingerprint density at radius 3 is 2.96 bits per heavy atom. The van der Waals surface area contributed by atoms with Crippen molar-refractivity contribution in [1.29, 1.82) is 0 Å². The quantitative estimate of drug-likeness (QED) is 0.710. The van der Waals surface area contributed by atoms with Crippen LogP contribution in [-0.2, 0) is 6.54 Å². The molecule has 0 bridgehead atoms. The van der Waals surface area contributed by atoms with E-state index in [2.05, 4.69) is 4.98 Å². The molecule has 0 saturated carbocycles. The number of hydrogen-bond donors (Lipinski definition) is 0. The average molecular weight is 358 g/mol. The number of aromatic nitrogens is 1. The zero-order valence-corrected chi connectivity index (χ0v) is 14.5. The van der Waals surface area contributed by atoms with Crippen LogP contribution < -0.4 is 9.47 Å². The van der Waals surface area contributed by atoms with Crippen molar-refractivity contribution in [3.63, 3.8) is 0 Å². The van der Waals surface area contributed by atoms with E-state index in [-0.39, 0.29) is 12.7 Å². The zero-order valence-electron chi connectivity index (χ0n) is 12.9. The van der Waals surface area contributed by atoms with Crippen LogP contribution in [0.2, 0.25) is 0 Å². The van der Waals surface area contributed by atoms with Crippen molar-refractivity contribution >= 4 is 28.6 Å². The molecule has 0 fully saturated rings. The minimum absolute atomic E-state index is 0.0922. The summed E-state index contributed by atoms with van der Waals surface area (Å²) in [5, 5.41) is 6.72. The second-order valence-electron chi connectivity index (χ2n) is 5.40. The van der Waals surface area contributed by atoms with E-state index in [1.54, 1.807) is 23.3 Å². The average Bonchev–Trinajstić information content (AvgIpc) is 3.32. The van der Waals surface area contributed by atoms with Crippen molar-refractivity contribution in [2.75, 3.05) is 13.8 Å². The van der Waals surface area contributed by atoms with Gasteiger partial charge in [0.15, 0.2) is 11.5 Å². The van der Waals surface area contributed by atoms with Gasteiger partial charge in [-0.05, 0) is 29.1 Å². The second-order valence-corrected chi connectivity index (χ2v) is 7.04. The molecule has 7 heteroatoms. The van der Waals surface area contributed by atoms with Crippen molar-refractivity contribution < 1.29 is 14.3 Å². The lowest BCUT2D eigenvalue weighted by molar-refractivity contribution is 0.0780. The minimum Gasteiger partial charge on any atom is -0.454 e. The number of nitrogens with zero attached hydrogens (tertiary/aromatic N) is 2. The molecule has 1 aliphatic rings. The van der Waals surface area contributed by atoms with Crippen LogP contribution in [0.3, 0.4) is 0 Å². The van der Waals surface area contributed by atoms with E-state index in [4.69, 9.17) is 9.47 Å². The van der Waals surface area contributed by atoms with E-state index in [0.717, 1.165) is 27.6 Å². The lowest BCUT2D eigenvalue weighted by atomic mass is 10.2. The number of amides is 1. The predicted octanol–water partition coefficient (Wildman–Crippen LogP) is 3.87. The highest BCUT2D eigenvalue weighted by molar-refractivity contribution is 7.14. The number of fused-ring (bicyclic) bond motifs is 1. The molecule has 1 aromatic carbocycles. The number of thiophene rings is 1. The van der Waals surface area contributed by atoms with Crippen LogP contribution in [0.4, 0.5) is 0 Å². The number of carbonyl (C=O) groups excluding carboxylic acids is 1. The predicted molar refractivity (Wildman–Crippen MR) is 93.8 cm³/mol. The maximum absolute atomic E-state index is 12.6. The lowest BCUT2D eigenvalue weighted by Gasteiger charge is -2.16. The third-order valence-electron chi connectivity index (χ3n) is 3.69. The first-order valence-corrected chi connectivity index (χ1v) is 9.15. The molecular weight excluding hydrogens is 344 g/mol. The Balaban J connectivity index is 1.48. The molecular formula is C17H14N2O3S2. The summed E-state index contributed by atoms with van der Waals surface area (Å²) in [7, 11) is 1.77. The molecule has 1 amide bonds. The fourth-order valence-electron chi connectivity index (χ4n) is 2.47. The summed E-state index contributed by atoms with van der Waals surface area (Å²) in [5.41, 5.74) is 2.52. The van der Waals surface area contributed by atoms with Crippen LogP contribution in [0.1, 0.15) is 16.1 Å². The van der Waals surface area contributed by atoms with Gasteiger partial charge in [0, 0.05) is 29.9 Å². The van der Waals surface area contributed by atoms with E-state index in [0.29, 0.717) is 12.2 Å². The Morgan fingerprint density at radius 1 is 1.25 bits per heavy atom. The first kappa shape index (κ1) is 15.2. The Morgan fingerprint density at radius 2 is 2.12 bits per heavy atom. The van der Waals surface area contributed by atoms with Crippen LogP contribution >= 0.6 is 22.7 Å². The largest absolute Gasteiger partial charge is 0.454 e. The zero-order chi connectivity index (χ0) is 16.5. The van der Waals surface area contributed by atoms with Gasteiger partial charge in [0.1, 0.15) is 10.7 Å². The van der Waals surface area contributed by atoms with Gasteiger partial charge in [-0.2, -0.15) is 11.3 Å². The molecule has 0 N–H and O–H groups in total. The van der Waals surface area contributed by atoms with E-state index in [9.17, 15) is 4.79 Å². The number of hydrogen-bond acceptors (Lipinski definition) is 6. The van der Waals surface area contributed by atoms with Gasteiger partial charge in [0.05, 0.1) is 0 Å². The molecule has 0 atom stereocenters. The van der Waals surface area contributed by atoms with Crippen molar-refractivity contribution in [2.24, 2.45) is 0 Å². The molecule has 4 rings (SSSR count). The first-order chi connectivity index (χ1) is 11.7. The van der Waals surface area contributed by atoms with E-state index < -0.39 is 0 Å². The Labute approximate surface area is 147 Å². The molecule has 122 valence electrons. The Hall–Kier alpha value is -2.38. The molecule has 2 aromatic heterocycles. The topological polar surface area (TPSA) is 51.7 Å². The standard InChI is InChI=1S/C17H14N2O3S2/c1-19(7-11-2-3-14-15(6-11)22-10-21-14)17(20)13-9-24-16(18-13)12-4-5-23-8-12/h2-6,8-9H,7,10H2,1H3. The molecule has 0 aliphatic carbocycles. The highest BCUT2D eigenvalue weighted by Gasteiger charge is 2.18. The number of benzene rings is 1. The fraction of sp³-hybridized carbons (Fsp3) is 0.176. The summed E-state index contributed by atoms with van der Waals surface area (Å²) in [5.74, 6) is 1.37. The smallest absolute Gasteiger partial charge is 0.273 e. The van der Waals surface area contributed by atoms with Gasteiger partial charge in [-0.1, -0.05) is 6.07 Å². The highest BCUT2D eigenvalue weighted by atomic mass is 32.1. The normalized spacial score (nSPS) is 12.4. The van der Waals surface area contributed by atoms with E-state index in [1.807, 2.05) is 40.4 Å².